The number of rotatable bonds is 3. The van der Waals surface area contributed by atoms with Gasteiger partial charge in [-0.2, -0.15) is 0 Å². The molecular weight excluding hydrogens is 308 g/mol. The lowest BCUT2D eigenvalue weighted by Crippen LogP contribution is -2.52. The van der Waals surface area contributed by atoms with Gasteiger partial charge in [-0.1, -0.05) is 30.3 Å². The Kier molecular flexibility index (Phi) is 4.28. The molecule has 0 unspecified atom stereocenters. The van der Waals surface area contributed by atoms with Crippen molar-refractivity contribution in [3.05, 3.63) is 35.9 Å². The number of carbonyl (C=O) groups excluding carboxylic acids is 3. The van der Waals surface area contributed by atoms with E-state index in [-0.39, 0.29) is 24.4 Å². The van der Waals surface area contributed by atoms with Crippen molar-refractivity contribution in [1.82, 2.24) is 20.4 Å². The lowest BCUT2D eigenvalue weighted by molar-refractivity contribution is -0.140. The molecule has 4 amide bonds. The second-order valence-corrected chi connectivity index (χ2v) is 6.66. The first-order valence-electron chi connectivity index (χ1n) is 8.09. The summed E-state index contributed by atoms with van der Waals surface area (Å²) < 4.78 is 0. The number of hydrogen-bond donors (Lipinski definition) is 2. The topological polar surface area (TPSA) is 81.8 Å². The fourth-order valence-electron chi connectivity index (χ4n) is 3.16. The zero-order valence-corrected chi connectivity index (χ0v) is 13.9. The highest BCUT2D eigenvalue weighted by atomic mass is 16.2. The summed E-state index contributed by atoms with van der Waals surface area (Å²) in [6.45, 7) is 4.94. The van der Waals surface area contributed by atoms with Gasteiger partial charge in [0, 0.05) is 19.6 Å². The number of nitrogens with zero attached hydrogens (tertiary/aromatic N) is 2. The number of hydrogen-bond acceptors (Lipinski definition) is 4. The van der Waals surface area contributed by atoms with E-state index >= 15 is 0 Å². The molecule has 0 aromatic heterocycles. The summed E-state index contributed by atoms with van der Waals surface area (Å²) in [5.74, 6) is -0.584. The van der Waals surface area contributed by atoms with Crippen LogP contribution in [-0.4, -0.2) is 59.4 Å². The van der Waals surface area contributed by atoms with E-state index in [1.807, 2.05) is 30.3 Å². The maximum atomic E-state index is 12.8. The van der Waals surface area contributed by atoms with Crippen LogP contribution in [0.25, 0.3) is 0 Å². The van der Waals surface area contributed by atoms with E-state index in [1.54, 1.807) is 18.7 Å². The van der Waals surface area contributed by atoms with Crippen LogP contribution in [0.2, 0.25) is 0 Å². The molecule has 0 radical (unpaired) electrons. The lowest BCUT2D eigenvalue weighted by atomic mass is 10.0. The van der Waals surface area contributed by atoms with Crippen LogP contribution in [0.1, 0.15) is 25.5 Å². The number of urea groups is 1. The lowest BCUT2D eigenvalue weighted by Gasteiger charge is -2.37. The molecule has 2 N–H and O–H groups in total. The van der Waals surface area contributed by atoms with E-state index in [9.17, 15) is 14.4 Å². The summed E-state index contributed by atoms with van der Waals surface area (Å²) in [7, 11) is 0. The fourth-order valence-corrected chi connectivity index (χ4v) is 3.16. The fraction of sp³-hybridized carbons (Fsp3) is 0.471. The molecule has 128 valence electrons. The van der Waals surface area contributed by atoms with Crippen molar-refractivity contribution in [2.24, 2.45) is 0 Å². The highest BCUT2D eigenvalue weighted by Crippen LogP contribution is 2.23. The summed E-state index contributed by atoms with van der Waals surface area (Å²) in [6.07, 6.45) is 0. The highest BCUT2D eigenvalue weighted by molar-refractivity contribution is 6.08. The molecule has 2 heterocycles. The molecule has 2 fully saturated rings. The molecule has 24 heavy (non-hydrogen) atoms. The Labute approximate surface area is 141 Å². The summed E-state index contributed by atoms with van der Waals surface area (Å²) in [4.78, 5) is 39.8. The van der Waals surface area contributed by atoms with Gasteiger partial charge in [-0.3, -0.25) is 14.5 Å². The molecule has 7 heteroatoms. The van der Waals surface area contributed by atoms with Crippen LogP contribution in [0, 0.1) is 0 Å². The zero-order chi connectivity index (χ0) is 17.3. The van der Waals surface area contributed by atoms with Crippen molar-refractivity contribution in [1.29, 1.82) is 0 Å². The van der Waals surface area contributed by atoms with Gasteiger partial charge >= 0.3 is 6.03 Å². The second-order valence-electron chi connectivity index (χ2n) is 6.66. The summed E-state index contributed by atoms with van der Waals surface area (Å²) in [6, 6.07) is 9.16. The molecule has 3 rings (SSSR count). The number of amides is 4. The summed E-state index contributed by atoms with van der Waals surface area (Å²) >= 11 is 0. The Balaban J connectivity index is 1.76. The molecule has 0 spiro atoms. The van der Waals surface area contributed by atoms with Crippen molar-refractivity contribution in [3.8, 4) is 0 Å². The van der Waals surface area contributed by atoms with Gasteiger partial charge in [-0.25, -0.2) is 4.79 Å². The van der Waals surface area contributed by atoms with Gasteiger partial charge in [-0.15, -0.1) is 0 Å². The van der Waals surface area contributed by atoms with E-state index in [1.165, 1.54) is 0 Å². The first kappa shape index (κ1) is 16.4. The van der Waals surface area contributed by atoms with Gasteiger partial charge in [0.05, 0.1) is 6.04 Å². The van der Waals surface area contributed by atoms with Crippen molar-refractivity contribution in [2.75, 3.05) is 26.2 Å². The van der Waals surface area contributed by atoms with Gasteiger partial charge in [0.15, 0.2) is 0 Å². The molecule has 2 aliphatic rings. The maximum absolute atomic E-state index is 12.8. The van der Waals surface area contributed by atoms with Crippen LogP contribution in [-0.2, 0) is 9.59 Å². The quantitative estimate of drug-likeness (QED) is 0.791. The molecule has 1 atom stereocenters. The monoisotopic (exact) mass is 330 g/mol. The van der Waals surface area contributed by atoms with Crippen molar-refractivity contribution in [3.63, 3.8) is 0 Å². The van der Waals surface area contributed by atoms with E-state index in [0.29, 0.717) is 19.6 Å². The van der Waals surface area contributed by atoms with Crippen molar-refractivity contribution in [2.45, 2.75) is 25.4 Å². The Morgan fingerprint density at radius 2 is 1.96 bits per heavy atom. The zero-order valence-electron chi connectivity index (χ0n) is 13.9. The van der Waals surface area contributed by atoms with E-state index < -0.39 is 11.6 Å². The minimum absolute atomic E-state index is 0.0961. The van der Waals surface area contributed by atoms with Crippen LogP contribution in [0.5, 0.6) is 0 Å². The third-order valence-corrected chi connectivity index (χ3v) is 4.49. The molecule has 2 aliphatic heterocycles. The number of carbonyl (C=O) groups is 3. The molecule has 2 saturated heterocycles. The van der Waals surface area contributed by atoms with Crippen LogP contribution < -0.4 is 10.6 Å². The molecule has 1 aromatic rings. The van der Waals surface area contributed by atoms with Gasteiger partial charge in [-0.05, 0) is 19.4 Å². The number of benzene rings is 1. The standard InChI is InChI=1S/C17H22N4O3/c1-17(2)15(23)21(16(24)19-17)11-14(22)20-9-8-18-10-13(20)12-6-4-3-5-7-12/h3-7,13,18H,8-11H2,1-2H3,(H,19,24)/t13-/m1/s1. The predicted molar refractivity (Wildman–Crippen MR) is 88.1 cm³/mol. The Morgan fingerprint density at radius 1 is 1.25 bits per heavy atom. The maximum Gasteiger partial charge on any atom is 0.325 e. The molecule has 1 aromatic carbocycles. The SMILES string of the molecule is CC1(C)NC(=O)N(CC(=O)N2CCNC[C@@H]2c2ccccc2)C1=O. The summed E-state index contributed by atoms with van der Waals surface area (Å²) in [5.41, 5.74) is 0.0789. The molecule has 0 bridgehead atoms. The molecule has 0 saturated carbocycles. The first-order chi connectivity index (χ1) is 11.4. The average molecular weight is 330 g/mol. The largest absolute Gasteiger partial charge is 0.332 e. The Morgan fingerprint density at radius 3 is 2.58 bits per heavy atom. The van der Waals surface area contributed by atoms with Crippen molar-refractivity contribution < 1.29 is 14.4 Å². The average Bonchev–Trinajstić information content (AvgIpc) is 2.77. The van der Waals surface area contributed by atoms with Gasteiger partial charge in [0.2, 0.25) is 5.91 Å². The highest BCUT2D eigenvalue weighted by Gasteiger charge is 2.45. The van der Waals surface area contributed by atoms with E-state index in [0.717, 1.165) is 10.5 Å². The van der Waals surface area contributed by atoms with Crippen LogP contribution in [0.4, 0.5) is 4.79 Å². The third-order valence-electron chi connectivity index (χ3n) is 4.49. The van der Waals surface area contributed by atoms with Crippen LogP contribution in [0.3, 0.4) is 0 Å². The van der Waals surface area contributed by atoms with E-state index in [2.05, 4.69) is 10.6 Å². The predicted octanol–water partition coefficient (Wildman–Crippen LogP) is 0.490. The van der Waals surface area contributed by atoms with Gasteiger partial charge in [0.25, 0.3) is 5.91 Å². The normalized spacial score (nSPS) is 23.3. The van der Waals surface area contributed by atoms with E-state index in [4.69, 9.17) is 0 Å². The van der Waals surface area contributed by atoms with Crippen LogP contribution >= 0.6 is 0 Å². The van der Waals surface area contributed by atoms with Crippen molar-refractivity contribution >= 4 is 17.8 Å². The second kappa shape index (κ2) is 6.24. The Bertz CT molecular complexity index is 659. The minimum atomic E-state index is -0.959. The minimum Gasteiger partial charge on any atom is -0.332 e. The van der Waals surface area contributed by atoms with Crippen LogP contribution in [0.15, 0.2) is 30.3 Å². The third kappa shape index (κ3) is 2.99. The number of nitrogens with one attached hydrogen (secondary N) is 2. The number of imide groups is 1. The Hall–Kier alpha value is -2.41. The molecular formula is C17H22N4O3. The number of piperazine rings is 1. The summed E-state index contributed by atoms with van der Waals surface area (Å²) in [5, 5.41) is 5.89. The van der Waals surface area contributed by atoms with Gasteiger partial charge in [0.1, 0.15) is 12.1 Å². The first-order valence-corrected chi connectivity index (χ1v) is 8.09. The van der Waals surface area contributed by atoms with Gasteiger partial charge < -0.3 is 15.5 Å². The molecule has 0 aliphatic carbocycles. The smallest absolute Gasteiger partial charge is 0.325 e. The molecule has 7 nitrogen and oxygen atoms in total.